The fraction of sp³-hybridized carbons (Fsp3) is 0.917. The molecule has 16 heavy (non-hydrogen) atoms. The molecule has 0 aromatic carbocycles. The van der Waals surface area contributed by atoms with Gasteiger partial charge in [0.05, 0.1) is 23.7 Å². The summed E-state index contributed by atoms with van der Waals surface area (Å²) in [6.07, 6.45) is 0.749. The molecule has 0 saturated carbocycles. The van der Waals surface area contributed by atoms with Gasteiger partial charge in [0.1, 0.15) is 0 Å². The molecule has 1 rings (SSSR count). The summed E-state index contributed by atoms with van der Waals surface area (Å²) in [7, 11) is 0. The monoisotopic (exact) mass is 292 g/mol. The predicted molar refractivity (Wildman–Crippen MR) is 66.7 cm³/mol. The van der Waals surface area contributed by atoms with Crippen LogP contribution in [0.3, 0.4) is 0 Å². The van der Waals surface area contributed by atoms with E-state index in [0.29, 0.717) is 6.61 Å². The van der Waals surface area contributed by atoms with Crippen molar-refractivity contribution in [1.82, 2.24) is 0 Å². The molecule has 2 unspecified atom stereocenters. The number of hydrogen-bond donors (Lipinski definition) is 0. The largest absolute Gasteiger partial charge is 0.466 e. The van der Waals surface area contributed by atoms with Gasteiger partial charge in [-0.15, -0.1) is 0 Å². The van der Waals surface area contributed by atoms with Crippen molar-refractivity contribution in [2.75, 3.05) is 6.61 Å². The highest BCUT2D eigenvalue weighted by molar-refractivity contribution is 9.09. The molecule has 0 radical (unpaired) electrons. The lowest BCUT2D eigenvalue weighted by Gasteiger charge is -2.48. The summed E-state index contributed by atoms with van der Waals surface area (Å²) in [5.41, 5.74) is -0.730. The van der Waals surface area contributed by atoms with Gasteiger partial charge in [-0.3, -0.25) is 4.79 Å². The van der Waals surface area contributed by atoms with Gasteiger partial charge >= 0.3 is 5.97 Å². The van der Waals surface area contributed by atoms with E-state index in [1.807, 2.05) is 34.6 Å². The van der Waals surface area contributed by atoms with Crippen LogP contribution in [0.1, 0.15) is 41.0 Å². The molecule has 1 fully saturated rings. The lowest BCUT2D eigenvalue weighted by Crippen LogP contribution is -2.55. The molecule has 1 saturated heterocycles. The molecule has 1 aliphatic heterocycles. The fourth-order valence-electron chi connectivity index (χ4n) is 2.21. The van der Waals surface area contributed by atoms with Crippen molar-refractivity contribution in [3.63, 3.8) is 0 Å². The maximum atomic E-state index is 11.8. The van der Waals surface area contributed by atoms with E-state index in [0.717, 1.165) is 6.42 Å². The van der Waals surface area contributed by atoms with Crippen LogP contribution in [0, 0.1) is 5.92 Å². The van der Waals surface area contributed by atoms with Crippen LogP contribution in [0.25, 0.3) is 0 Å². The zero-order chi connectivity index (χ0) is 12.6. The Hall–Kier alpha value is -0.0900. The highest BCUT2D eigenvalue weighted by atomic mass is 79.9. The Labute approximate surface area is 106 Å². The van der Waals surface area contributed by atoms with Crippen LogP contribution in [-0.2, 0) is 14.3 Å². The number of halogens is 1. The molecule has 0 amide bonds. The number of rotatable bonds is 2. The first kappa shape index (κ1) is 14.0. The highest BCUT2D eigenvalue weighted by Gasteiger charge is 2.49. The molecule has 0 aromatic rings. The average Bonchev–Trinajstić information content (AvgIpc) is 2.09. The van der Waals surface area contributed by atoms with Gasteiger partial charge in [0.25, 0.3) is 0 Å². The van der Waals surface area contributed by atoms with Crippen molar-refractivity contribution >= 4 is 21.9 Å². The van der Waals surface area contributed by atoms with Crippen LogP contribution >= 0.6 is 15.9 Å². The number of carbonyl (C=O) groups excluding carboxylic acids is 1. The Morgan fingerprint density at radius 2 is 1.94 bits per heavy atom. The summed E-state index contributed by atoms with van der Waals surface area (Å²) in [6, 6.07) is 0. The van der Waals surface area contributed by atoms with Crippen LogP contribution in [0.2, 0.25) is 0 Å². The van der Waals surface area contributed by atoms with Gasteiger partial charge in [0.2, 0.25) is 0 Å². The lowest BCUT2D eigenvalue weighted by atomic mass is 9.79. The molecule has 3 nitrogen and oxygen atoms in total. The van der Waals surface area contributed by atoms with E-state index in [9.17, 15) is 4.79 Å². The first-order chi connectivity index (χ1) is 7.20. The van der Waals surface area contributed by atoms with Crippen molar-refractivity contribution in [1.29, 1.82) is 0 Å². The van der Waals surface area contributed by atoms with E-state index in [1.54, 1.807) is 0 Å². The third-order valence-electron chi connectivity index (χ3n) is 3.13. The second-order valence-corrected chi connectivity index (χ2v) is 6.42. The predicted octanol–water partition coefficient (Wildman–Crippen LogP) is 2.91. The molecule has 1 heterocycles. The third kappa shape index (κ3) is 2.77. The minimum Gasteiger partial charge on any atom is -0.466 e. The Bertz CT molecular complexity index is 273. The number of esters is 1. The zero-order valence-corrected chi connectivity index (χ0v) is 12.3. The topological polar surface area (TPSA) is 35.5 Å². The second-order valence-electron chi connectivity index (χ2n) is 5.32. The smallest absolute Gasteiger partial charge is 0.311 e. The van der Waals surface area contributed by atoms with Gasteiger partial charge in [-0.05, 0) is 41.0 Å². The fourth-order valence-corrected chi connectivity index (χ4v) is 2.68. The van der Waals surface area contributed by atoms with E-state index in [-0.39, 0.29) is 22.3 Å². The van der Waals surface area contributed by atoms with Gasteiger partial charge in [0.15, 0.2) is 0 Å². The molecule has 2 atom stereocenters. The van der Waals surface area contributed by atoms with Crippen LogP contribution < -0.4 is 0 Å². The Balaban J connectivity index is 2.84. The average molecular weight is 293 g/mol. The first-order valence-electron chi connectivity index (χ1n) is 5.71. The minimum absolute atomic E-state index is 0.160. The SMILES string of the molecule is CCOC(=O)C1CC(Br)C(C)(C)OC1(C)C. The van der Waals surface area contributed by atoms with Crippen LogP contribution in [0.5, 0.6) is 0 Å². The van der Waals surface area contributed by atoms with Crippen molar-refractivity contribution in [2.24, 2.45) is 5.92 Å². The summed E-state index contributed by atoms with van der Waals surface area (Å²) < 4.78 is 11.1. The summed E-state index contributed by atoms with van der Waals surface area (Å²) in [4.78, 5) is 12.0. The Morgan fingerprint density at radius 3 is 2.44 bits per heavy atom. The van der Waals surface area contributed by atoms with Crippen LogP contribution in [0.4, 0.5) is 0 Å². The number of hydrogen-bond acceptors (Lipinski definition) is 3. The molecule has 1 aliphatic rings. The molecule has 4 heteroatoms. The molecule has 94 valence electrons. The molecule has 0 spiro atoms. The number of ether oxygens (including phenoxy) is 2. The first-order valence-corrected chi connectivity index (χ1v) is 6.63. The van der Waals surface area contributed by atoms with Gasteiger partial charge in [0, 0.05) is 4.83 Å². The summed E-state index contributed by atoms with van der Waals surface area (Å²) in [5, 5.41) is 0. The zero-order valence-electron chi connectivity index (χ0n) is 10.7. The van der Waals surface area contributed by atoms with E-state index < -0.39 is 5.60 Å². The van der Waals surface area contributed by atoms with Gasteiger partial charge in [-0.25, -0.2) is 0 Å². The minimum atomic E-state index is -0.472. The van der Waals surface area contributed by atoms with Crippen molar-refractivity contribution in [3.8, 4) is 0 Å². The third-order valence-corrected chi connectivity index (χ3v) is 4.61. The summed E-state index contributed by atoms with van der Waals surface area (Å²) in [5.74, 6) is -0.364. The summed E-state index contributed by atoms with van der Waals surface area (Å²) in [6.45, 7) is 10.2. The van der Waals surface area contributed by atoms with E-state index >= 15 is 0 Å². The Kier molecular flexibility index (Phi) is 4.06. The maximum Gasteiger partial charge on any atom is 0.311 e. The van der Waals surface area contributed by atoms with Gasteiger partial charge < -0.3 is 9.47 Å². The lowest BCUT2D eigenvalue weighted by molar-refractivity contribution is -0.197. The highest BCUT2D eigenvalue weighted by Crippen LogP contribution is 2.42. The van der Waals surface area contributed by atoms with Crippen LogP contribution in [-0.4, -0.2) is 28.6 Å². The normalized spacial score (nSPS) is 32.1. The van der Waals surface area contributed by atoms with Crippen molar-refractivity contribution in [2.45, 2.75) is 57.1 Å². The van der Waals surface area contributed by atoms with Crippen LogP contribution in [0.15, 0.2) is 0 Å². The quantitative estimate of drug-likeness (QED) is 0.580. The van der Waals surface area contributed by atoms with Crippen molar-refractivity contribution < 1.29 is 14.3 Å². The Morgan fingerprint density at radius 1 is 1.38 bits per heavy atom. The van der Waals surface area contributed by atoms with E-state index in [2.05, 4.69) is 15.9 Å². The second kappa shape index (κ2) is 4.65. The molecule has 0 bridgehead atoms. The van der Waals surface area contributed by atoms with E-state index in [4.69, 9.17) is 9.47 Å². The molecule has 0 N–H and O–H groups in total. The van der Waals surface area contributed by atoms with Gasteiger partial charge in [-0.1, -0.05) is 15.9 Å². The molecular weight excluding hydrogens is 272 g/mol. The number of carbonyl (C=O) groups is 1. The summed E-state index contributed by atoms with van der Waals surface area (Å²) >= 11 is 3.59. The van der Waals surface area contributed by atoms with E-state index in [1.165, 1.54) is 0 Å². The standard InChI is InChI=1S/C12H21BrO3/c1-6-15-10(14)8-7-9(13)12(4,5)16-11(8,2)3/h8-9H,6-7H2,1-5H3. The van der Waals surface area contributed by atoms with Gasteiger partial charge in [-0.2, -0.15) is 0 Å². The maximum absolute atomic E-state index is 11.8. The molecule has 0 aliphatic carbocycles. The van der Waals surface area contributed by atoms with Crippen molar-refractivity contribution in [3.05, 3.63) is 0 Å². The molecular formula is C12H21BrO3. The number of alkyl halides is 1. The molecule has 0 aromatic heterocycles.